The molecule has 0 bridgehead atoms. The van der Waals surface area contributed by atoms with Crippen LogP contribution >= 0.6 is 0 Å². The van der Waals surface area contributed by atoms with Crippen LogP contribution in [-0.4, -0.2) is 24.3 Å². The Morgan fingerprint density at radius 1 is 1.26 bits per heavy atom. The van der Waals surface area contributed by atoms with Crippen LogP contribution in [-0.2, 0) is 17.6 Å². The Kier molecular flexibility index (Phi) is 3.09. The van der Waals surface area contributed by atoms with Gasteiger partial charge in [0.05, 0.1) is 19.1 Å². The molecule has 0 saturated heterocycles. The van der Waals surface area contributed by atoms with Gasteiger partial charge in [0.1, 0.15) is 11.5 Å². The van der Waals surface area contributed by atoms with E-state index >= 15 is 0 Å². The minimum atomic E-state index is -0.810. The second-order valence-electron chi connectivity index (χ2n) is 5.22. The Hall–Kier alpha value is -1.71. The molecule has 0 spiro atoms. The van der Waals surface area contributed by atoms with E-state index in [0.29, 0.717) is 13.2 Å². The summed E-state index contributed by atoms with van der Waals surface area (Å²) in [5, 5.41) is 9.34. The van der Waals surface area contributed by atoms with Crippen LogP contribution < -0.4 is 9.47 Å². The predicted octanol–water partition coefficient (Wildman–Crippen LogP) is 2.52. The maximum absolute atomic E-state index is 11.4. The van der Waals surface area contributed by atoms with Crippen molar-refractivity contribution in [1.29, 1.82) is 0 Å². The summed E-state index contributed by atoms with van der Waals surface area (Å²) in [5.74, 6) is 0.294. The number of aliphatic carboxylic acids is 1. The van der Waals surface area contributed by atoms with Crippen LogP contribution in [0.15, 0.2) is 6.07 Å². The number of ether oxygens (including phenoxy) is 2. The summed E-state index contributed by atoms with van der Waals surface area (Å²) in [6.45, 7) is 3.12. The first-order chi connectivity index (χ1) is 9.18. The lowest BCUT2D eigenvalue weighted by atomic mass is 9.87. The molecule has 1 N–H and O–H groups in total. The highest BCUT2D eigenvalue weighted by Gasteiger charge is 2.29. The van der Waals surface area contributed by atoms with Gasteiger partial charge in [0, 0.05) is 11.1 Å². The van der Waals surface area contributed by atoms with Crippen molar-refractivity contribution in [1.82, 2.24) is 0 Å². The number of carboxylic acid groups (broad SMARTS) is 1. The fraction of sp³-hybridized carbons (Fsp3) is 0.533. The van der Waals surface area contributed by atoms with Gasteiger partial charge in [0.15, 0.2) is 0 Å². The molecule has 1 atom stereocenters. The fourth-order valence-corrected chi connectivity index (χ4v) is 2.95. The number of rotatable bonds is 2. The van der Waals surface area contributed by atoms with Crippen LogP contribution in [0.3, 0.4) is 0 Å². The molecule has 0 fully saturated rings. The summed E-state index contributed by atoms with van der Waals surface area (Å²) < 4.78 is 11.5. The van der Waals surface area contributed by atoms with Crippen molar-refractivity contribution in [3.8, 4) is 11.5 Å². The molecule has 3 rings (SSSR count). The largest absolute Gasteiger partial charge is 0.493 e. The van der Waals surface area contributed by atoms with E-state index in [9.17, 15) is 9.90 Å². The maximum atomic E-state index is 11.4. The number of carboxylic acids is 1. The third kappa shape index (κ3) is 2.05. The first-order valence-corrected chi connectivity index (χ1v) is 6.85. The van der Waals surface area contributed by atoms with E-state index in [2.05, 4.69) is 0 Å². The van der Waals surface area contributed by atoms with Crippen molar-refractivity contribution >= 4 is 5.97 Å². The summed E-state index contributed by atoms with van der Waals surface area (Å²) in [5.41, 5.74) is 2.95. The third-order valence-electron chi connectivity index (χ3n) is 3.93. The first-order valence-electron chi connectivity index (χ1n) is 6.85. The summed E-state index contributed by atoms with van der Waals surface area (Å²) >= 11 is 0. The molecule has 2 heterocycles. The average Bonchev–Trinajstić information content (AvgIpc) is 2.43. The van der Waals surface area contributed by atoms with Crippen LogP contribution in [0.2, 0.25) is 0 Å². The van der Waals surface area contributed by atoms with Gasteiger partial charge in [-0.05, 0) is 44.2 Å². The zero-order valence-corrected chi connectivity index (χ0v) is 11.1. The standard InChI is InChI=1S/C15H18O4/c1-9(15(16)17)13-11-5-3-6-18-12(11)8-10-4-2-7-19-14(10)13/h8-9H,2-7H2,1H3,(H,16,17). The highest BCUT2D eigenvalue weighted by Crippen LogP contribution is 2.43. The Balaban J connectivity index is 2.19. The second-order valence-corrected chi connectivity index (χ2v) is 5.22. The van der Waals surface area contributed by atoms with Gasteiger partial charge in [0.25, 0.3) is 0 Å². The number of fused-ring (bicyclic) bond motifs is 2. The van der Waals surface area contributed by atoms with Crippen molar-refractivity contribution < 1.29 is 19.4 Å². The van der Waals surface area contributed by atoms with Crippen molar-refractivity contribution in [2.24, 2.45) is 0 Å². The summed E-state index contributed by atoms with van der Waals surface area (Å²) in [7, 11) is 0. The molecule has 1 aromatic carbocycles. The van der Waals surface area contributed by atoms with Gasteiger partial charge < -0.3 is 14.6 Å². The SMILES string of the molecule is CC(C(=O)O)c1c2c(cc3c1OCCC3)OCCC2. The van der Waals surface area contributed by atoms with Gasteiger partial charge in [-0.2, -0.15) is 0 Å². The predicted molar refractivity (Wildman–Crippen MR) is 70.1 cm³/mol. The van der Waals surface area contributed by atoms with Gasteiger partial charge in [-0.15, -0.1) is 0 Å². The summed E-state index contributed by atoms with van der Waals surface area (Å²) in [6, 6.07) is 2.04. The Morgan fingerprint density at radius 2 is 2.00 bits per heavy atom. The van der Waals surface area contributed by atoms with Crippen LogP contribution in [0.25, 0.3) is 0 Å². The molecule has 2 aliphatic rings. The minimum absolute atomic E-state index is 0.552. The van der Waals surface area contributed by atoms with Crippen molar-refractivity contribution in [3.63, 3.8) is 0 Å². The molecule has 0 aromatic heterocycles. The molecule has 2 aliphatic heterocycles. The van der Waals surface area contributed by atoms with E-state index in [1.54, 1.807) is 6.92 Å². The topological polar surface area (TPSA) is 55.8 Å². The normalized spacial score (nSPS) is 18.6. The quantitative estimate of drug-likeness (QED) is 0.889. The van der Waals surface area contributed by atoms with Crippen LogP contribution in [0.1, 0.15) is 42.4 Å². The highest BCUT2D eigenvalue weighted by atomic mass is 16.5. The van der Waals surface area contributed by atoms with Gasteiger partial charge in [0.2, 0.25) is 0 Å². The second kappa shape index (κ2) is 4.76. The first kappa shape index (κ1) is 12.3. The number of carbonyl (C=O) groups is 1. The lowest BCUT2D eigenvalue weighted by molar-refractivity contribution is -0.138. The number of hydrogen-bond acceptors (Lipinski definition) is 3. The Bertz CT molecular complexity index is 487. The number of hydrogen-bond donors (Lipinski definition) is 1. The van der Waals surface area contributed by atoms with Crippen molar-refractivity contribution in [2.45, 2.75) is 38.5 Å². The molecule has 0 aliphatic carbocycles. The minimum Gasteiger partial charge on any atom is -0.493 e. The molecule has 0 amide bonds. The molecule has 0 radical (unpaired) electrons. The molecule has 0 saturated carbocycles. The van der Waals surface area contributed by atoms with E-state index in [4.69, 9.17) is 9.47 Å². The average molecular weight is 262 g/mol. The summed E-state index contributed by atoms with van der Waals surface area (Å²) in [4.78, 5) is 11.4. The smallest absolute Gasteiger partial charge is 0.310 e. The Morgan fingerprint density at radius 3 is 2.79 bits per heavy atom. The maximum Gasteiger partial charge on any atom is 0.310 e. The van der Waals surface area contributed by atoms with Crippen molar-refractivity contribution in [2.75, 3.05) is 13.2 Å². The molecule has 4 heteroatoms. The van der Waals surface area contributed by atoms with E-state index in [0.717, 1.165) is 53.9 Å². The molecular weight excluding hydrogens is 244 g/mol. The van der Waals surface area contributed by atoms with Gasteiger partial charge in [-0.25, -0.2) is 0 Å². The van der Waals surface area contributed by atoms with Crippen LogP contribution in [0.4, 0.5) is 0 Å². The monoisotopic (exact) mass is 262 g/mol. The zero-order chi connectivity index (χ0) is 13.4. The van der Waals surface area contributed by atoms with E-state index in [-0.39, 0.29) is 0 Å². The van der Waals surface area contributed by atoms with Crippen LogP contribution in [0, 0.1) is 0 Å². The van der Waals surface area contributed by atoms with Crippen molar-refractivity contribution in [3.05, 3.63) is 22.8 Å². The lowest BCUT2D eigenvalue weighted by Crippen LogP contribution is -2.20. The van der Waals surface area contributed by atoms with E-state index in [1.807, 2.05) is 6.07 Å². The number of aryl methyl sites for hydroxylation is 1. The fourth-order valence-electron chi connectivity index (χ4n) is 2.95. The molecule has 1 aromatic rings. The summed E-state index contributed by atoms with van der Waals surface area (Å²) in [6.07, 6.45) is 3.72. The Labute approximate surface area is 112 Å². The number of benzene rings is 1. The molecule has 19 heavy (non-hydrogen) atoms. The molecule has 1 unspecified atom stereocenters. The van der Waals surface area contributed by atoms with Gasteiger partial charge >= 0.3 is 5.97 Å². The molecular formula is C15H18O4. The van der Waals surface area contributed by atoms with Gasteiger partial charge in [-0.3, -0.25) is 4.79 Å². The lowest BCUT2D eigenvalue weighted by Gasteiger charge is -2.28. The molecule has 4 nitrogen and oxygen atoms in total. The van der Waals surface area contributed by atoms with Gasteiger partial charge in [-0.1, -0.05) is 0 Å². The molecule has 102 valence electrons. The highest BCUT2D eigenvalue weighted by molar-refractivity contribution is 5.78. The van der Waals surface area contributed by atoms with E-state index in [1.165, 1.54) is 0 Å². The third-order valence-corrected chi connectivity index (χ3v) is 3.93. The van der Waals surface area contributed by atoms with E-state index < -0.39 is 11.9 Å². The zero-order valence-electron chi connectivity index (χ0n) is 11.1. The van der Waals surface area contributed by atoms with Crippen LogP contribution in [0.5, 0.6) is 11.5 Å².